The minimum absolute atomic E-state index is 0.183. The Morgan fingerprint density at radius 2 is 2.05 bits per heavy atom. The van der Waals surface area contributed by atoms with Crippen molar-refractivity contribution in [2.75, 3.05) is 6.54 Å². The predicted octanol–water partition coefficient (Wildman–Crippen LogP) is 3.70. The van der Waals surface area contributed by atoms with Gasteiger partial charge in [-0.15, -0.1) is 0 Å². The fourth-order valence-corrected chi connectivity index (χ4v) is 4.19. The number of halogens is 1. The molecule has 1 amide bonds. The minimum Gasteiger partial charge on any atom is -0.339 e. The maximum atomic E-state index is 12.8. The molecule has 4 rings (SSSR count). The highest BCUT2D eigenvalue weighted by molar-refractivity contribution is 9.10. The van der Waals surface area contributed by atoms with Crippen molar-refractivity contribution in [3.05, 3.63) is 56.8 Å². The minimum atomic E-state index is 0.183. The average Bonchev–Trinajstić information content (AvgIpc) is 3.06. The zero-order valence-corrected chi connectivity index (χ0v) is 14.3. The SMILES string of the molecule is Cc1cc(Br)ccc1CN1CCn2c(cc3c2CCC3)C1=O. The molecule has 2 aliphatic rings. The fraction of sp³-hybridized carbons (Fsp3) is 0.389. The van der Waals surface area contributed by atoms with Crippen molar-refractivity contribution < 1.29 is 4.79 Å². The largest absolute Gasteiger partial charge is 0.339 e. The summed E-state index contributed by atoms with van der Waals surface area (Å²) in [7, 11) is 0. The van der Waals surface area contributed by atoms with Gasteiger partial charge in [0, 0.05) is 29.8 Å². The van der Waals surface area contributed by atoms with E-state index in [1.807, 2.05) is 11.0 Å². The number of aryl methyl sites for hydroxylation is 2. The van der Waals surface area contributed by atoms with Crippen molar-refractivity contribution in [1.82, 2.24) is 9.47 Å². The number of fused-ring (bicyclic) bond motifs is 3. The first kappa shape index (κ1) is 14.1. The van der Waals surface area contributed by atoms with Crippen LogP contribution in [0.5, 0.6) is 0 Å². The summed E-state index contributed by atoms with van der Waals surface area (Å²) in [5.74, 6) is 0.183. The maximum absolute atomic E-state index is 12.8. The molecule has 0 spiro atoms. The summed E-state index contributed by atoms with van der Waals surface area (Å²) in [4.78, 5) is 14.8. The molecule has 0 bridgehead atoms. The Kier molecular flexibility index (Phi) is 3.37. The van der Waals surface area contributed by atoms with Crippen LogP contribution in [0.25, 0.3) is 0 Å². The molecule has 0 N–H and O–H groups in total. The van der Waals surface area contributed by atoms with Gasteiger partial charge in [-0.2, -0.15) is 0 Å². The molecule has 4 heteroatoms. The van der Waals surface area contributed by atoms with Gasteiger partial charge in [0.05, 0.1) is 0 Å². The van der Waals surface area contributed by atoms with E-state index in [1.165, 1.54) is 28.8 Å². The first-order chi connectivity index (χ1) is 10.6. The fourth-order valence-electron chi connectivity index (χ4n) is 3.71. The number of carbonyl (C=O) groups excluding carboxylic acids is 1. The van der Waals surface area contributed by atoms with Crippen LogP contribution in [-0.2, 0) is 25.9 Å². The van der Waals surface area contributed by atoms with Crippen molar-refractivity contribution in [3.63, 3.8) is 0 Å². The van der Waals surface area contributed by atoms with E-state index in [4.69, 9.17) is 0 Å². The van der Waals surface area contributed by atoms with Gasteiger partial charge in [0.1, 0.15) is 5.69 Å². The molecule has 0 radical (unpaired) electrons. The highest BCUT2D eigenvalue weighted by atomic mass is 79.9. The number of nitrogens with zero attached hydrogens (tertiary/aromatic N) is 2. The second kappa shape index (κ2) is 5.27. The van der Waals surface area contributed by atoms with Gasteiger partial charge in [-0.05, 0) is 61.1 Å². The van der Waals surface area contributed by atoms with Crippen LogP contribution in [0.3, 0.4) is 0 Å². The second-order valence-corrected chi connectivity index (χ2v) is 7.22. The van der Waals surface area contributed by atoms with Crippen LogP contribution in [0.15, 0.2) is 28.7 Å². The van der Waals surface area contributed by atoms with Crippen LogP contribution in [-0.4, -0.2) is 21.9 Å². The summed E-state index contributed by atoms with van der Waals surface area (Å²) in [5, 5.41) is 0. The summed E-state index contributed by atoms with van der Waals surface area (Å²) < 4.78 is 3.35. The van der Waals surface area contributed by atoms with Crippen LogP contribution in [0.1, 0.15) is 39.3 Å². The second-order valence-electron chi connectivity index (χ2n) is 6.30. The standard InChI is InChI=1S/C18H19BrN2O/c1-12-9-15(19)6-5-14(12)11-20-7-8-21-16-4-2-3-13(16)10-17(21)18(20)22/h5-6,9-10H,2-4,7-8,11H2,1H3. The lowest BCUT2D eigenvalue weighted by Gasteiger charge is -2.30. The van der Waals surface area contributed by atoms with Gasteiger partial charge in [0.2, 0.25) is 0 Å². The van der Waals surface area contributed by atoms with Gasteiger partial charge in [-0.25, -0.2) is 0 Å². The van der Waals surface area contributed by atoms with E-state index in [1.54, 1.807) is 0 Å². The zero-order valence-electron chi connectivity index (χ0n) is 12.7. The highest BCUT2D eigenvalue weighted by Gasteiger charge is 2.30. The molecule has 1 aliphatic heterocycles. The number of benzene rings is 1. The predicted molar refractivity (Wildman–Crippen MR) is 90.1 cm³/mol. The molecule has 2 aromatic rings. The van der Waals surface area contributed by atoms with Crippen molar-refractivity contribution in [3.8, 4) is 0 Å². The summed E-state index contributed by atoms with van der Waals surface area (Å²) in [6.45, 7) is 4.55. The third-order valence-corrected chi connectivity index (χ3v) is 5.42. The van der Waals surface area contributed by atoms with E-state index in [0.29, 0.717) is 6.54 Å². The van der Waals surface area contributed by atoms with E-state index in [-0.39, 0.29) is 5.91 Å². The van der Waals surface area contributed by atoms with Crippen LogP contribution >= 0.6 is 15.9 Å². The summed E-state index contributed by atoms with van der Waals surface area (Å²) >= 11 is 3.50. The van der Waals surface area contributed by atoms with Crippen LogP contribution in [0, 0.1) is 6.92 Å². The highest BCUT2D eigenvalue weighted by Crippen LogP contribution is 2.29. The molecule has 0 saturated heterocycles. The normalized spacial score (nSPS) is 16.8. The molecule has 0 saturated carbocycles. The van der Waals surface area contributed by atoms with E-state index in [2.05, 4.69) is 45.6 Å². The first-order valence-corrected chi connectivity index (χ1v) is 8.68. The van der Waals surface area contributed by atoms with Crippen molar-refractivity contribution >= 4 is 21.8 Å². The molecule has 0 atom stereocenters. The lowest BCUT2D eigenvalue weighted by atomic mass is 10.1. The van der Waals surface area contributed by atoms with Crippen LogP contribution in [0.2, 0.25) is 0 Å². The van der Waals surface area contributed by atoms with Gasteiger partial charge in [-0.1, -0.05) is 22.0 Å². The van der Waals surface area contributed by atoms with Crippen LogP contribution < -0.4 is 0 Å². The molecule has 22 heavy (non-hydrogen) atoms. The summed E-state index contributed by atoms with van der Waals surface area (Å²) in [6.07, 6.45) is 3.50. The Hall–Kier alpha value is -1.55. The van der Waals surface area contributed by atoms with E-state index in [0.717, 1.165) is 36.1 Å². The number of rotatable bonds is 2. The Balaban J connectivity index is 1.61. The first-order valence-electron chi connectivity index (χ1n) is 7.89. The molecule has 0 fully saturated rings. The van der Waals surface area contributed by atoms with Crippen molar-refractivity contribution in [2.45, 2.75) is 39.3 Å². The Labute approximate surface area is 139 Å². The molecule has 3 nitrogen and oxygen atoms in total. The summed E-state index contributed by atoms with van der Waals surface area (Å²) in [6, 6.07) is 8.40. The molecule has 1 aromatic carbocycles. The number of aromatic nitrogens is 1. The van der Waals surface area contributed by atoms with Gasteiger partial charge in [0.15, 0.2) is 0 Å². The molecule has 1 aromatic heterocycles. The maximum Gasteiger partial charge on any atom is 0.270 e. The molecular formula is C18H19BrN2O. The number of carbonyl (C=O) groups is 1. The van der Waals surface area contributed by atoms with Gasteiger partial charge >= 0.3 is 0 Å². The smallest absolute Gasteiger partial charge is 0.270 e. The van der Waals surface area contributed by atoms with Crippen molar-refractivity contribution in [2.24, 2.45) is 0 Å². The molecule has 0 unspecified atom stereocenters. The molecule has 2 heterocycles. The Morgan fingerprint density at radius 3 is 2.86 bits per heavy atom. The Bertz CT molecular complexity index is 763. The van der Waals surface area contributed by atoms with E-state index in [9.17, 15) is 4.79 Å². The molecular weight excluding hydrogens is 340 g/mol. The topological polar surface area (TPSA) is 25.2 Å². The monoisotopic (exact) mass is 358 g/mol. The molecule has 114 valence electrons. The van der Waals surface area contributed by atoms with E-state index >= 15 is 0 Å². The number of hydrogen-bond donors (Lipinski definition) is 0. The third kappa shape index (κ3) is 2.21. The summed E-state index contributed by atoms with van der Waals surface area (Å²) in [5.41, 5.74) is 6.15. The quantitative estimate of drug-likeness (QED) is 0.803. The number of hydrogen-bond acceptors (Lipinski definition) is 1. The van der Waals surface area contributed by atoms with E-state index < -0.39 is 0 Å². The van der Waals surface area contributed by atoms with Crippen LogP contribution in [0.4, 0.5) is 0 Å². The third-order valence-electron chi connectivity index (χ3n) is 4.92. The number of amides is 1. The lowest BCUT2D eigenvalue weighted by molar-refractivity contribution is 0.0689. The molecule has 1 aliphatic carbocycles. The lowest BCUT2D eigenvalue weighted by Crippen LogP contribution is -2.40. The average molecular weight is 359 g/mol. The van der Waals surface area contributed by atoms with Gasteiger partial charge < -0.3 is 9.47 Å². The van der Waals surface area contributed by atoms with Gasteiger partial charge in [-0.3, -0.25) is 4.79 Å². The van der Waals surface area contributed by atoms with Crippen molar-refractivity contribution in [1.29, 1.82) is 0 Å². The zero-order chi connectivity index (χ0) is 15.3. The Morgan fingerprint density at radius 1 is 1.18 bits per heavy atom. The van der Waals surface area contributed by atoms with Gasteiger partial charge in [0.25, 0.3) is 5.91 Å².